The molecular weight excluding hydrogens is 296 g/mol. The maximum absolute atomic E-state index is 12.5. The van der Waals surface area contributed by atoms with Crippen molar-refractivity contribution in [1.82, 2.24) is 10.2 Å². The lowest BCUT2D eigenvalue weighted by Gasteiger charge is -2.10. The van der Waals surface area contributed by atoms with Crippen LogP contribution in [0.1, 0.15) is 5.56 Å². The fourth-order valence-electron chi connectivity index (χ4n) is 1.23. The third kappa shape index (κ3) is 1.72. The number of aromatic nitrogens is 2. The number of benzene rings is 1. The van der Waals surface area contributed by atoms with E-state index in [-0.39, 0.29) is 9.50 Å². The Labute approximate surface area is 95.5 Å². The van der Waals surface area contributed by atoms with Gasteiger partial charge in [-0.3, -0.25) is 5.10 Å². The molecule has 15 heavy (non-hydrogen) atoms. The number of alkyl halides is 3. The molecule has 7 heteroatoms. The first-order valence-electron chi connectivity index (χ1n) is 3.79. The Bertz CT molecular complexity index is 520. The van der Waals surface area contributed by atoms with Crippen LogP contribution < -0.4 is 0 Å². The van der Waals surface area contributed by atoms with Gasteiger partial charge in [0.25, 0.3) is 0 Å². The van der Waals surface area contributed by atoms with Crippen molar-refractivity contribution in [3.8, 4) is 0 Å². The number of aromatic amines is 1. The average molecular weight is 299 g/mol. The van der Waals surface area contributed by atoms with Crippen LogP contribution in [0.4, 0.5) is 13.2 Å². The molecule has 2 rings (SSSR count). The van der Waals surface area contributed by atoms with Crippen molar-refractivity contribution < 1.29 is 13.2 Å². The van der Waals surface area contributed by atoms with Crippen LogP contribution in [0.15, 0.2) is 16.7 Å². The molecule has 0 bridgehead atoms. The fourth-order valence-corrected chi connectivity index (χ4v) is 2.02. The number of rotatable bonds is 0. The summed E-state index contributed by atoms with van der Waals surface area (Å²) in [6.45, 7) is 0. The van der Waals surface area contributed by atoms with Crippen molar-refractivity contribution in [3.63, 3.8) is 0 Å². The summed E-state index contributed by atoms with van der Waals surface area (Å²) in [5.74, 6) is 0. The maximum atomic E-state index is 12.5. The zero-order valence-electron chi connectivity index (χ0n) is 6.99. The summed E-state index contributed by atoms with van der Waals surface area (Å²) in [7, 11) is 0. The molecule has 0 amide bonds. The number of hydrogen-bond acceptors (Lipinski definition) is 1. The van der Waals surface area contributed by atoms with E-state index < -0.39 is 11.7 Å². The van der Waals surface area contributed by atoms with Gasteiger partial charge in [-0.25, -0.2) is 0 Å². The molecule has 0 unspecified atom stereocenters. The molecule has 0 radical (unpaired) electrons. The normalized spacial score (nSPS) is 12.3. The standard InChI is InChI=1S/C8H3BrClF3N2/c9-6-3-2-14-15-5(3)1-4(7(6)10)8(11,12)13/h1-2H,(H,14,15). The van der Waals surface area contributed by atoms with Gasteiger partial charge in [-0.2, -0.15) is 18.3 Å². The minimum atomic E-state index is -4.47. The van der Waals surface area contributed by atoms with Crippen LogP contribution in [0.5, 0.6) is 0 Å². The van der Waals surface area contributed by atoms with E-state index in [0.29, 0.717) is 10.9 Å². The molecule has 1 N–H and O–H groups in total. The van der Waals surface area contributed by atoms with E-state index in [4.69, 9.17) is 11.6 Å². The summed E-state index contributed by atoms with van der Waals surface area (Å²) in [5, 5.41) is 6.28. The van der Waals surface area contributed by atoms with Crippen LogP contribution in [0.25, 0.3) is 10.9 Å². The maximum Gasteiger partial charge on any atom is 0.417 e. The average Bonchev–Trinajstić information content (AvgIpc) is 2.57. The van der Waals surface area contributed by atoms with Gasteiger partial charge >= 0.3 is 6.18 Å². The third-order valence-electron chi connectivity index (χ3n) is 1.93. The van der Waals surface area contributed by atoms with Gasteiger partial charge in [-0.05, 0) is 22.0 Å². The van der Waals surface area contributed by atoms with Crippen LogP contribution in [-0.4, -0.2) is 10.2 Å². The molecular formula is C8H3BrClF3N2. The highest BCUT2D eigenvalue weighted by molar-refractivity contribution is 9.10. The first-order chi connectivity index (χ1) is 6.91. The molecule has 2 aromatic rings. The molecule has 0 saturated carbocycles. The van der Waals surface area contributed by atoms with Crippen molar-refractivity contribution >= 4 is 38.4 Å². The quantitative estimate of drug-likeness (QED) is 0.782. The summed E-state index contributed by atoms with van der Waals surface area (Å²) in [5.41, 5.74) is -0.591. The SMILES string of the molecule is FC(F)(F)c1cc2[nH]ncc2c(Br)c1Cl. The van der Waals surface area contributed by atoms with E-state index >= 15 is 0 Å². The van der Waals surface area contributed by atoms with Crippen molar-refractivity contribution in [2.45, 2.75) is 6.18 Å². The summed E-state index contributed by atoms with van der Waals surface area (Å²) in [6, 6.07) is 0.940. The Morgan fingerprint density at radius 1 is 1.40 bits per heavy atom. The Kier molecular flexibility index (Phi) is 2.42. The Balaban J connectivity index is 2.82. The summed E-state index contributed by atoms with van der Waals surface area (Å²) in [6.07, 6.45) is -3.07. The number of H-pyrrole nitrogens is 1. The number of hydrogen-bond donors (Lipinski definition) is 1. The van der Waals surface area contributed by atoms with E-state index in [2.05, 4.69) is 26.1 Å². The van der Waals surface area contributed by atoms with Crippen LogP contribution in [0.3, 0.4) is 0 Å². The summed E-state index contributed by atoms with van der Waals surface area (Å²) in [4.78, 5) is 0. The lowest BCUT2D eigenvalue weighted by molar-refractivity contribution is -0.137. The molecule has 80 valence electrons. The Hall–Kier alpha value is -0.750. The molecule has 0 aliphatic carbocycles. The molecule has 0 spiro atoms. The topological polar surface area (TPSA) is 28.7 Å². The smallest absolute Gasteiger partial charge is 0.278 e. The lowest BCUT2D eigenvalue weighted by Crippen LogP contribution is -2.06. The first kappa shape index (κ1) is 10.8. The lowest BCUT2D eigenvalue weighted by atomic mass is 10.1. The molecule has 0 aliphatic heterocycles. The van der Waals surface area contributed by atoms with Gasteiger partial charge in [0.05, 0.1) is 22.3 Å². The molecule has 1 heterocycles. The van der Waals surface area contributed by atoms with Gasteiger partial charge in [0, 0.05) is 9.86 Å². The van der Waals surface area contributed by atoms with Gasteiger partial charge in [0.1, 0.15) is 0 Å². The third-order valence-corrected chi connectivity index (χ3v) is 3.37. The number of nitrogens with zero attached hydrogens (tertiary/aromatic N) is 1. The predicted molar refractivity (Wildman–Crippen MR) is 53.8 cm³/mol. The first-order valence-corrected chi connectivity index (χ1v) is 4.96. The van der Waals surface area contributed by atoms with E-state index in [0.717, 1.165) is 6.07 Å². The van der Waals surface area contributed by atoms with E-state index in [1.165, 1.54) is 6.20 Å². The molecule has 0 aliphatic rings. The van der Waals surface area contributed by atoms with Gasteiger partial charge < -0.3 is 0 Å². The summed E-state index contributed by atoms with van der Waals surface area (Å²) < 4.78 is 37.8. The van der Waals surface area contributed by atoms with Crippen molar-refractivity contribution in [2.24, 2.45) is 0 Å². The van der Waals surface area contributed by atoms with Crippen LogP contribution >= 0.6 is 27.5 Å². The second kappa shape index (κ2) is 3.38. The summed E-state index contributed by atoms with van der Waals surface area (Å²) >= 11 is 8.62. The fraction of sp³-hybridized carbons (Fsp3) is 0.125. The Morgan fingerprint density at radius 3 is 2.67 bits per heavy atom. The van der Waals surface area contributed by atoms with Gasteiger partial charge in [0.2, 0.25) is 0 Å². The zero-order valence-corrected chi connectivity index (χ0v) is 9.33. The number of fused-ring (bicyclic) bond motifs is 1. The van der Waals surface area contributed by atoms with Gasteiger partial charge in [0.15, 0.2) is 0 Å². The molecule has 0 fully saturated rings. The van der Waals surface area contributed by atoms with Gasteiger partial charge in [-0.15, -0.1) is 0 Å². The highest BCUT2D eigenvalue weighted by Gasteiger charge is 2.34. The monoisotopic (exact) mass is 298 g/mol. The number of halogens is 5. The van der Waals surface area contributed by atoms with Crippen LogP contribution in [0, 0.1) is 0 Å². The Morgan fingerprint density at radius 2 is 2.07 bits per heavy atom. The highest BCUT2D eigenvalue weighted by atomic mass is 79.9. The molecule has 1 aromatic carbocycles. The molecule has 0 atom stereocenters. The minimum Gasteiger partial charge on any atom is -0.278 e. The highest BCUT2D eigenvalue weighted by Crippen LogP contribution is 2.41. The van der Waals surface area contributed by atoms with Crippen molar-refractivity contribution in [1.29, 1.82) is 0 Å². The van der Waals surface area contributed by atoms with Crippen molar-refractivity contribution in [3.05, 3.63) is 27.3 Å². The largest absolute Gasteiger partial charge is 0.417 e. The van der Waals surface area contributed by atoms with E-state index in [1.807, 2.05) is 0 Å². The van der Waals surface area contributed by atoms with Crippen LogP contribution in [-0.2, 0) is 6.18 Å². The van der Waals surface area contributed by atoms with E-state index in [9.17, 15) is 13.2 Å². The van der Waals surface area contributed by atoms with Crippen LogP contribution in [0.2, 0.25) is 5.02 Å². The van der Waals surface area contributed by atoms with Crippen molar-refractivity contribution in [2.75, 3.05) is 0 Å². The van der Waals surface area contributed by atoms with Gasteiger partial charge in [-0.1, -0.05) is 11.6 Å². The second-order valence-corrected chi connectivity index (χ2v) is 4.05. The number of nitrogens with one attached hydrogen (secondary N) is 1. The molecule has 0 saturated heterocycles. The minimum absolute atomic E-state index is 0.197. The predicted octanol–water partition coefficient (Wildman–Crippen LogP) is 4.00. The molecule has 2 nitrogen and oxygen atoms in total. The zero-order chi connectivity index (χ0) is 11.2. The van der Waals surface area contributed by atoms with E-state index in [1.54, 1.807) is 0 Å². The second-order valence-electron chi connectivity index (χ2n) is 2.88. The molecule has 1 aromatic heterocycles.